The number of methoxy groups -OCH3 is 2. The Morgan fingerprint density at radius 3 is 2.87 bits per heavy atom. The fraction of sp³-hybridized carbons (Fsp3) is 0.900. The van der Waals surface area contributed by atoms with E-state index in [1.807, 2.05) is 4.90 Å². The molecule has 15 heavy (non-hydrogen) atoms. The number of nitrogens with zero attached hydrogens (tertiary/aromatic N) is 1. The number of esters is 1. The molecule has 1 rings (SSSR count). The minimum Gasteiger partial charge on any atom is -0.468 e. The highest BCUT2D eigenvalue weighted by Crippen LogP contribution is 2.19. The number of ether oxygens (including phenoxy) is 2. The monoisotopic (exact) mass is 217 g/mol. The predicted molar refractivity (Wildman–Crippen MR) is 54.5 cm³/mol. The summed E-state index contributed by atoms with van der Waals surface area (Å²) in [5.74, 6) is -0.260. The first-order chi connectivity index (χ1) is 7.19. The number of rotatable bonds is 5. The Morgan fingerprint density at radius 1 is 1.53 bits per heavy atom. The molecule has 1 saturated heterocycles. The van der Waals surface area contributed by atoms with Crippen molar-refractivity contribution in [3.05, 3.63) is 0 Å². The summed E-state index contributed by atoms with van der Waals surface area (Å²) in [6, 6.07) is -0.290. The molecule has 0 aromatic rings. The van der Waals surface area contributed by atoms with Gasteiger partial charge in [-0.15, -0.1) is 0 Å². The Labute approximate surface area is 90.0 Å². The second-order valence-electron chi connectivity index (χ2n) is 3.77. The number of hydrogen-bond acceptors (Lipinski definition) is 5. The van der Waals surface area contributed by atoms with Crippen LogP contribution in [0.1, 0.15) is 12.8 Å². The van der Waals surface area contributed by atoms with Gasteiger partial charge in [-0.1, -0.05) is 0 Å². The summed E-state index contributed by atoms with van der Waals surface area (Å²) in [4.78, 5) is 13.4. The van der Waals surface area contributed by atoms with Crippen molar-refractivity contribution in [1.82, 2.24) is 4.90 Å². The molecular formula is C10H19NO4. The molecule has 2 unspecified atom stereocenters. The number of aliphatic hydroxyl groups excluding tert-OH is 1. The Balaban J connectivity index is 2.42. The summed E-state index contributed by atoms with van der Waals surface area (Å²) in [7, 11) is 3.02. The van der Waals surface area contributed by atoms with Gasteiger partial charge in [0.15, 0.2) is 0 Å². The molecule has 0 radical (unpaired) electrons. The summed E-state index contributed by atoms with van der Waals surface area (Å²) in [6.45, 7) is 1.97. The van der Waals surface area contributed by atoms with Crippen molar-refractivity contribution < 1.29 is 19.4 Å². The number of carbonyl (C=O) groups is 1. The van der Waals surface area contributed by atoms with Gasteiger partial charge in [-0.25, -0.2) is 0 Å². The van der Waals surface area contributed by atoms with Crippen molar-refractivity contribution in [2.75, 3.05) is 33.9 Å². The largest absolute Gasteiger partial charge is 0.468 e. The summed E-state index contributed by atoms with van der Waals surface area (Å²) in [5, 5.41) is 9.49. The molecule has 1 heterocycles. The van der Waals surface area contributed by atoms with E-state index in [-0.39, 0.29) is 12.0 Å². The van der Waals surface area contributed by atoms with Crippen LogP contribution < -0.4 is 0 Å². The van der Waals surface area contributed by atoms with Gasteiger partial charge in [-0.3, -0.25) is 9.69 Å². The maximum absolute atomic E-state index is 11.4. The Bertz CT molecular complexity index is 210. The zero-order valence-electron chi connectivity index (χ0n) is 9.31. The number of likely N-dealkylation sites (tertiary alicyclic amines) is 1. The van der Waals surface area contributed by atoms with Gasteiger partial charge in [-0.2, -0.15) is 0 Å². The molecule has 0 aromatic heterocycles. The molecular weight excluding hydrogens is 198 g/mol. The average Bonchev–Trinajstić information content (AvgIpc) is 2.59. The van der Waals surface area contributed by atoms with E-state index in [9.17, 15) is 9.90 Å². The molecule has 2 atom stereocenters. The molecule has 0 aromatic carbocycles. The van der Waals surface area contributed by atoms with Crippen molar-refractivity contribution in [1.29, 1.82) is 0 Å². The van der Waals surface area contributed by atoms with Crippen LogP contribution in [0.4, 0.5) is 0 Å². The van der Waals surface area contributed by atoms with Gasteiger partial charge in [0, 0.05) is 33.2 Å². The Morgan fingerprint density at radius 2 is 2.27 bits per heavy atom. The predicted octanol–water partition coefficient (Wildman–Crippen LogP) is -0.369. The molecule has 0 saturated carbocycles. The van der Waals surface area contributed by atoms with Crippen molar-refractivity contribution in [2.45, 2.75) is 25.0 Å². The van der Waals surface area contributed by atoms with Crippen LogP contribution >= 0.6 is 0 Å². The summed E-state index contributed by atoms with van der Waals surface area (Å²) in [6.07, 6.45) is 0.910. The van der Waals surface area contributed by atoms with E-state index in [1.54, 1.807) is 7.11 Å². The topological polar surface area (TPSA) is 59.0 Å². The first-order valence-electron chi connectivity index (χ1n) is 5.18. The first kappa shape index (κ1) is 12.4. The van der Waals surface area contributed by atoms with E-state index in [2.05, 4.69) is 0 Å². The van der Waals surface area contributed by atoms with Gasteiger partial charge in [0.2, 0.25) is 0 Å². The van der Waals surface area contributed by atoms with Crippen LogP contribution in [0.5, 0.6) is 0 Å². The Hall–Kier alpha value is -0.650. The van der Waals surface area contributed by atoms with Crippen molar-refractivity contribution >= 4 is 5.97 Å². The van der Waals surface area contributed by atoms with Crippen molar-refractivity contribution in [3.8, 4) is 0 Å². The third kappa shape index (κ3) is 3.44. The number of aliphatic hydroxyl groups is 1. The second-order valence-corrected chi connectivity index (χ2v) is 3.77. The minimum absolute atomic E-state index is 0.260. The van der Waals surface area contributed by atoms with E-state index in [4.69, 9.17) is 9.47 Å². The van der Waals surface area contributed by atoms with E-state index in [0.717, 1.165) is 13.0 Å². The summed E-state index contributed by atoms with van der Waals surface area (Å²) < 4.78 is 9.64. The molecule has 0 aliphatic carbocycles. The molecule has 0 bridgehead atoms. The quantitative estimate of drug-likeness (QED) is 0.503. The van der Waals surface area contributed by atoms with E-state index < -0.39 is 6.10 Å². The molecule has 5 nitrogen and oxygen atoms in total. The first-order valence-corrected chi connectivity index (χ1v) is 5.18. The van der Waals surface area contributed by atoms with Crippen LogP contribution in [0.3, 0.4) is 0 Å². The lowest BCUT2D eigenvalue weighted by Gasteiger charge is -2.21. The highest BCUT2D eigenvalue weighted by molar-refractivity contribution is 5.76. The average molecular weight is 217 g/mol. The highest BCUT2D eigenvalue weighted by atomic mass is 16.5. The zero-order chi connectivity index (χ0) is 11.3. The standard InChI is InChI=1S/C10H19NO4/c1-14-5-3-4-11-7-8(12)6-9(11)10(13)15-2/h8-9,12H,3-7H2,1-2H3. The van der Waals surface area contributed by atoms with Crippen molar-refractivity contribution in [2.24, 2.45) is 0 Å². The van der Waals surface area contributed by atoms with E-state index in [0.29, 0.717) is 19.6 Å². The maximum Gasteiger partial charge on any atom is 0.323 e. The van der Waals surface area contributed by atoms with Crippen LogP contribution in [0.15, 0.2) is 0 Å². The summed E-state index contributed by atoms with van der Waals surface area (Å²) >= 11 is 0. The van der Waals surface area contributed by atoms with E-state index >= 15 is 0 Å². The van der Waals surface area contributed by atoms with Gasteiger partial charge in [-0.05, 0) is 6.42 Å². The molecule has 88 valence electrons. The van der Waals surface area contributed by atoms with Crippen LogP contribution in [0.2, 0.25) is 0 Å². The van der Waals surface area contributed by atoms with E-state index in [1.165, 1.54) is 7.11 Å². The lowest BCUT2D eigenvalue weighted by Crippen LogP contribution is -2.37. The third-order valence-corrected chi connectivity index (χ3v) is 2.65. The minimum atomic E-state index is -0.420. The van der Waals surface area contributed by atoms with Gasteiger partial charge in [0.1, 0.15) is 6.04 Å². The van der Waals surface area contributed by atoms with Gasteiger partial charge in [0.05, 0.1) is 13.2 Å². The Kier molecular flexibility index (Phi) is 5.01. The molecule has 0 amide bonds. The molecule has 1 aliphatic rings. The third-order valence-electron chi connectivity index (χ3n) is 2.65. The second kappa shape index (κ2) is 6.05. The maximum atomic E-state index is 11.4. The lowest BCUT2D eigenvalue weighted by atomic mass is 10.2. The van der Waals surface area contributed by atoms with Crippen molar-refractivity contribution in [3.63, 3.8) is 0 Å². The fourth-order valence-corrected chi connectivity index (χ4v) is 1.92. The molecule has 1 aliphatic heterocycles. The highest BCUT2D eigenvalue weighted by Gasteiger charge is 2.36. The van der Waals surface area contributed by atoms with Gasteiger partial charge >= 0.3 is 5.97 Å². The smallest absolute Gasteiger partial charge is 0.323 e. The van der Waals surface area contributed by atoms with Crippen LogP contribution in [0, 0.1) is 0 Å². The fourth-order valence-electron chi connectivity index (χ4n) is 1.92. The normalized spacial score (nSPS) is 26.9. The molecule has 5 heteroatoms. The molecule has 0 spiro atoms. The zero-order valence-corrected chi connectivity index (χ0v) is 9.31. The van der Waals surface area contributed by atoms with Gasteiger partial charge in [0.25, 0.3) is 0 Å². The van der Waals surface area contributed by atoms with Crippen LogP contribution in [-0.2, 0) is 14.3 Å². The summed E-state index contributed by atoms with van der Waals surface area (Å²) in [5.41, 5.74) is 0. The number of β-amino-alcohol motifs (C(OH)–C–C–N with tert-alkyl or cyclic N) is 1. The lowest BCUT2D eigenvalue weighted by molar-refractivity contribution is -0.145. The number of carbonyl (C=O) groups excluding carboxylic acids is 1. The molecule has 1 fully saturated rings. The SMILES string of the molecule is COCCCN1CC(O)CC1C(=O)OC. The number of hydrogen-bond donors (Lipinski definition) is 1. The van der Waals surface area contributed by atoms with Crippen LogP contribution in [0.25, 0.3) is 0 Å². The van der Waals surface area contributed by atoms with Crippen LogP contribution in [-0.4, -0.2) is 62.0 Å². The van der Waals surface area contributed by atoms with Gasteiger partial charge < -0.3 is 14.6 Å². The molecule has 1 N–H and O–H groups in total.